The van der Waals surface area contributed by atoms with Crippen LogP contribution in [0.1, 0.15) is 0 Å². The van der Waals surface area contributed by atoms with Crippen LogP contribution in [-0.4, -0.2) is 66.8 Å². The van der Waals surface area contributed by atoms with E-state index in [1.54, 1.807) is 0 Å². The molecule has 6 nitrogen and oxygen atoms in total. The van der Waals surface area contributed by atoms with Crippen LogP contribution in [0.4, 0.5) is 0 Å². The zero-order valence-electron chi connectivity index (χ0n) is 8.78. The van der Waals surface area contributed by atoms with Gasteiger partial charge in [0.1, 0.15) is 24.4 Å². The summed E-state index contributed by atoms with van der Waals surface area (Å²) in [4.78, 5) is 0. The number of ether oxygens (including phenoxy) is 1. The van der Waals surface area contributed by atoms with Crippen molar-refractivity contribution in [3.8, 4) is 0 Å². The Morgan fingerprint density at radius 1 is 1.13 bits per heavy atom. The van der Waals surface area contributed by atoms with Crippen molar-refractivity contribution in [1.29, 1.82) is 0 Å². The molecule has 0 aromatic heterocycles. The lowest BCUT2D eigenvalue weighted by Gasteiger charge is -2.40. The second-order valence-corrected chi connectivity index (χ2v) is 6.25. The Hall–Kier alpha value is -0.0231. The minimum absolute atomic E-state index is 0.426. The smallest absolute Gasteiger partial charge is 0.177 e. The van der Waals surface area contributed by atoms with Crippen LogP contribution in [-0.2, 0) is 9.16 Å². The standard InChI is InChI=1S/C8H18O6Si/c1-15(2)14-8-7(12)6(11)5(10)4(3-9)13-8/h4-12,15H,3H2,1-2H3/t4-,5-,6+,7-,8-/m1/s1. The maximum Gasteiger partial charge on any atom is 0.177 e. The van der Waals surface area contributed by atoms with Crippen LogP contribution in [0.15, 0.2) is 0 Å². The van der Waals surface area contributed by atoms with Gasteiger partial charge in [0.05, 0.1) is 6.61 Å². The van der Waals surface area contributed by atoms with Gasteiger partial charge >= 0.3 is 0 Å². The Kier molecular flexibility index (Phi) is 4.65. The largest absolute Gasteiger partial charge is 0.394 e. The average molecular weight is 238 g/mol. The maximum absolute atomic E-state index is 9.55. The first kappa shape index (κ1) is 13.0. The second kappa shape index (κ2) is 5.35. The van der Waals surface area contributed by atoms with Crippen molar-refractivity contribution in [3.05, 3.63) is 0 Å². The quantitative estimate of drug-likeness (QED) is 0.416. The molecule has 0 bridgehead atoms. The summed E-state index contributed by atoms with van der Waals surface area (Å²) in [5.74, 6) is 0. The molecular weight excluding hydrogens is 220 g/mol. The van der Waals surface area contributed by atoms with E-state index in [1.807, 2.05) is 13.1 Å². The van der Waals surface area contributed by atoms with Crippen LogP contribution >= 0.6 is 0 Å². The summed E-state index contributed by atoms with van der Waals surface area (Å²) in [6.07, 6.45) is -5.81. The molecule has 0 aromatic rings. The fraction of sp³-hybridized carbons (Fsp3) is 1.00. The molecule has 15 heavy (non-hydrogen) atoms. The van der Waals surface area contributed by atoms with E-state index in [-0.39, 0.29) is 0 Å². The third-order valence-corrected chi connectivity index (χ3v) is 3.07. The predicted molar refractivity (Wildman–Crippen MR) is 53.7 cm³/mol. The zero-order chi connectivity index (χ0) is 11.6. The molecule has 90 valence electrons. The van der Waals surface area contributed by atoms with Crippen LogP contribution in [0.2, 0.25) is 13.1 Å². The molecule has 0 aliphatic carbocycles. The monoisotopic (exact) mass is 238 g/mol. The van der Waals surface area contributed by atoms with Gasteiger partial charge in [0.25, 0.3) is 0 Å². The van der Waals surface area contributed by atoms with E-state index in [0.29, 0.717) is 0 Å². The summed E-state index contributed by atoms with van der Waals surface area (Å²) >= 11 is 0. The molecule has 1 rings (SSSR count). The average Bonchev–Trinajstić information content (AvgIpc) is 2.18. The Labute approximate surface area is 89.8 Å². The summed E-state index contributed by atoms with van der Waals surface area (Å²) in [5.41, 5.74) is 0. The summed E-state index contributed by atoms with van der Waals surface area (Å²) in [6.45, 7) is 3.35. The molecule has 1 aliphatic rings. The van der Waals surface area contributed by atoms with Crippen molar-refractivity contribution in [2.45, 2.75) is 43.8 Å². The lowest BCUT2D eigenvalue weighted by atomic mass is 10.00. The highest BCUT2D eigenvalue weighted by atomic mass is 28.3. The maximum atomic E-state index is 9.55. The number of aliphatic hydroxyl groups excluding tert-OH is 4. The molecule has 0 saturated carbocycles. The number of hydrogen-bond donors (Lipinski definition) is 4. The van der Waals surface area contributed by atoms with Gasteiger partial charge in [-0.3, -0.25) is 0 Å². The van der Waals surface area contributed by atoms with Crippen LogP contribution in [0, 0.1) is 0 Å². The van der Waals surface area contributed by atoms with Crippen LogP contribution in [0.5, 0.6) is 0 Å². The normalized spacial score (nSPS) is 42.2. The Morgan fingerprint density at radius 3 is 2.20 bits per heavy atom. The van der Waals surface area contributed by atoms with Crippen molar-refractivity contribution in [2.75, 3.05) is 6.61 Å². The van der Waals surface area contributed by atoms with Gasteiger partial charge < -0.3 is 29.6 Å². The van der Waals surface area contributed by atoms with Gasteiger partial charge in [0, 0.05) is 0 Å². The molecule has 0 unspecified atom stereocenters. The predicted octanol–water partition coefficient (Wildman–Crippen LogP) is -2.21. The van der Waals surface area contributed by atoms with E-state index in [9.17, 15) is 15.3 Å². The molecule has 0 amide bonds. The Bertz CT molecular complexity index is 200. The molecule has 1 heterocycles. The van der Waals surface area contributed by atoms with E-state index in [2.05, 4.69) is 0 Å². The SMILES string of the molecule is C[SiH](C)O[C@H]1O[C@H](CO)[C@@H](O)[C@H](O)[C@H]1O. The van der Waals surface area contributed by atoms with Crippen LogP contribution < -0.4 is 0 Å². The Morgan fingerprint density at radius 2 is 1.73 bits per heavy atom. The van der Waals surface area contributed by atoms with Gasteiger partial charge in [-0.2, -0.15) is 0 Å². The van der Waals surface area contributed by atoms with E-state index in [4.69, 9.17) is 14.3 Å². The minimum Gasteiger partial charge on any atom is -0.394 e. The molecule has 1 saturated heterocycles. The van der Waals surface area contributed by atoms with Crippen LogP contribution in [0.3, 0.4) is 0 Å². The molecule has 7 heteroatoms. The van der Waals surface area contributed by atoms with Crippen molar-refractivity contribution in [2.24, 2.45) is 0 Å². The highest BCUT2D eigenvalue weighted by Gasteiger charge is 2.44. The number of aliphatic hydroxyl groups is 4. The van der Waals surface area contributed by atoms with Crippen molar-refractivity contribution in [1.82, 2.24) is 0 Å². The highest BCUT2D eigenvalue weighted by Crippen LogP contribution is 2.22. The van der Waals surface area contributed by atoms with Gasteiger partial charge in [0.15, 0.2) is 15.3 Å². The van der Waals surface area contributed by atoms with E-state index < -0.39 is 46.4 Å². The van der Waals surface area contributed by atoms with Gasteiger partial charge in [-0.05, 0) is 13.1 Å². The second-order valence-electron chi connectivity index (χ2n) is 3.88. The first-order chi connectivity index (χ1) is 6.97. The molecule has 4 N–H and O–H groups in total. The molecule has 1 aliphatic heterocycles. The third kappa shape index (κ3) is 2.97. The number of rotatable bonds is 3. The summed E-state index contributed by atoms with van der Waals surface area (Å²) in [7, 11) is -1.43. The molecule has 0 aromatic carbocycles. The van der Waals surface area contributed by atoms with E-state index in [0.717, 1.165) is 0 Å². The Balaban J connectivity index is 2.65. The van der Waals surface area contributed by atoms with Crippen molar-refractivity contribution < 1.29 is 29.6 Å². The summed E-state index contributed by atoms with van der Waals surface area (Å²) in [6, 6.07) is 0. The summed E-state index contributed by atoms with van der Waals surface area (Å²) in [5, 5.41) is 37.3. The molecule has 0 radical (unpaired) electrons. The molecular formula is C8H18O6Si. The first-order valence-electron chi connectivity index (χ1n) is 4.93. The van der Waals surface area contributed by atoms with Gasteiger partial charge in [0.2, 0.25) is 0 Å². The third-order valence-electron chi connectivity index (χ3n) is 2.25. The van der Waals surface area contributed by atoms with Crippen LogP contribution in [0.25, 0.3) is 0 Å². The lowest BCUT2D eigenvalue weighted by molar-refractivity contribution is -0.279. The van der Waals surface area contributed by atoms with Gasteiger partial charge in [-0.1, -0.05) is 0 Å². The first-order valence-corrected chi connectivity index (χ1v) is 7.71. The fourth-order valence-electron chi connectivity index (χ4n) is 1.45. The van der Waals surface area contributed by atoms with Gasteiger partial charge in [-0.25, -0.2) is 0 Å². The van der Waals surface area contributed by atoms with Crippen molar-refractivity contribution >= 4 is 9.04 Å². The molecule has 0 spiro atoms. The lowest BCUT2D eigenvalue weighted by Crippen LogP contribution is -2.59. The zero-order valence-corrected chi connectivity index (χ0v) is 9.93. The molecule has 1 fully saturated rings. The fourth-order valence-corrected chi connectivity index (χ4v) is 2.21. The topological polar surface area (TPSA) is 99.4 Å². The van der Waals surface area contributed by atoms with Crippen molar-refractivity contribution in [3.63, 3.8) is 0 Å². The van der Waals surface area contributed by atoms with Gasteiger partial charge in [-0.15, -0.1) is 0 Å². The number of hydrogen-bond acceptors (Lipinski definition) is 6. The van der Waals surface area contributed by atoms with E-state index in [1.165, 1.54) is 0 Å². The molecule has 5 atom stereocenters. The minimum atomic E-state index is -1.43. The summed E-state index contributed by atoms with van der Waals surface area (Å²) < 4.78 is 10.5. The highest BCUT2D eigenvalue weighted by molar-refractivity contribution is 6.48. The van der Waals surface area contributed by atoms with E-state index >= 15 is 0 Å².